The Morgan fingerprint density at radius 2 is 2.12 bits per heavy atom. The number of carbonyl (C=O) groups is 1. The van der Waals surface area contributed by atoms with Gasteiger partial charge in [0.25, 0.3) is 0 Å². The lowest BCUT2D eigenvalue weighted by atomic mass is 9.96. The van der Waals surface area contributed by atoms with Crippen LogP contribution >= 0.6 is 0 Å². The number of nitriles is 1. The second-order valence-corrected chi connectivity index (χ2v) is 5.19. The maximum atomic E-state index is 12.4. The van der Waals surface area contributed by atoms with Gasteiger partial charge >= 0.3 is 0 Å². The van der Waals surface area contributed by atoms with Crippen molar-refractivity contribution in [3.05, 3.63) is 0 Å². The molecule has 16 heavy (non-hydrogen) atoms. The van der Waals surface area contributed by atoms with Gasteiger partial charge in [-0.15, -0.1) is 0 Å². The van der Waals surface area contributed by atoms with Crippen LogP contribution in [0.4, 0.5) is 0 Å². The molecule has 2 unspecified atom stereocenters. The van der Waals surface area contributed by atoms with Crippen molar-refractivity contribution >= 4 is 5.91 Å². The highest BCUT2D eigenvalue weighted by molar-refractivity contribution is 5.80. The summed E-state index contributed by atoms with van der Waals surface area (Å²) in [5, 5.41) is 8.63. The average Bonchev–Trinajstić information content (AvgIpc) is 3.01. The Morgan fingerprint density at radius 3 is 2.62 bits per heavy atom. The Bertz CT molecular complexity index is 304. The zero-order chi connectivity index (χ0) is 11.5. The molecule has 2 rings (SSSR count). The third kappa shape index (κ3) is 2.37. The molecule has 0 spiro atoms. The van der Waals surface area contributed by atoms with E-state index in [2.05, 4.69) is 13.0 Å². The van der Waals surface area contributed by atoms with Gasteiger partial charge in [-0.3, -0.25) is 4.79 Å². The maximum Gasteiger partial charge on any atom is 0.226 e. The molecular formula is C13H20N2O. The Hall–Kier alpha value is -1.04. The van der Waals surface area contributed by atoms with Crippen molar-refractivity contribution in [2.24, 2.45) is 11.8 Å². The highest BCUT2D eigenvalue weighted by Gasteiger charge is 2.38. The zero-order valence-electron chi connectivity index (χ0n) is 9.98. The van der Waals surface area contributed by atoms with Crippen molar-refractivity contribution in [1.29, 1.82) is 5.26 Å². The summed E-state index contributed by atoms with van der Waals surface area (Å²) in [5.41, 5.74) is 0. The molecule has 2 saturated carbocycles. The van der Waals surface area contributed by atoms with Gasteiger partial charge in [-0.1, -0.05) is 13.3 Å². The van der Waals surface area contributed by atoms with E-state index in [0.29, 0.717) is 30.8 Å². The molecule has 3 heteroatoms. The zero-order valence-corrected chi connectivity index (χ0v) is 9.98. The summed E-state index contributed by atoms with van der Waals surface area (Å²) < 4.78 is 0. The second kappa shape index (κ2) is 4.86. The molecule has 0 aromatic heterocycles. The van der Waals surface area contributed by atoms with Gasteiger partial charge in [0.2, 0.25) is 5.91 Å². The van der Waals surface area contributed by atoms with Crippen LogP contribution in [0.15, 0.2) is 0 Å². The molecule has 2 aliphatic carbocycles. The van der Waals surface area contributed by atoms with Gasteiger partial charge in [0, 0.05) is 18.5 Å². The van der Waals surface area contributed by atoms with Crippen molar-refractivity contribution in [1.82, 2.24) is 4.90 Å². The van der Waals surface area contributed by atoms with E-state index in [9.17, 15) is 4.79 Å². The van der Waals surface area contributed by atoms with Crippen LogP contribution in [-0.4, -0.2) is 23.4 Å². The summed E-state index contributed by atoms with van der Waals surface area (Å²) in [6.45, 7) is 2.83. The number of carbonyl (C=O) groups excluding carboxylic acids is 1. The predicted molar refractivity (Wildman–Crippen MR) is 61.5 cm³/mol. The summed E-state index contributed by atoms with van der Waals surface area (Å²) in [4.78, 5) is 14.3. The fourth-order valence-electron chi connectivity index (χ4n) is 2.75. The van der Waals surface area contributed by atoms with Gasteiger partial charge in [0.15, 0.2) is 0 Å². The van der Waals surface area contributed by atoms with E-state index < -0.39 is 0 Å². The van der Waals surface area contributed by atoms with Crippen molar-refractivity contribution in [2.45, 2.75) is 51.5 Å². The summed E-state index contributed by atoms with van der Waals surface area (Å²) in [7, 11) is 0. The van der Waals surface area contributed by atoms with E-state index in [1.807, 2.05) is 4.90 Å². The number of hydrogen-bond acceptors (Lipinski definition) is 2. The molecule has 88 valence electrons. The topological polar surface area (TPSA) is 44.1 Å². The van der Waals surface area contributed by atoms with E-state index in [1.165, 1.54) is 12.8 Å². The number of amides is 1. The molecule has 0 saturated heterocycles. The molecule has 0 N–H and O–H groups in total. The van der Waals surface area contributed by atoms with Crippen LogP contribution in [-0.2, 0) is 4.79 Å². The van der Waals surface area contributed by atoms with Gasteiger partial charge in [-0.2, -0.15) is 5.26 Å². The second-order valence-electron chi connectivity index (χ2n) is 5.19. The largest absolute Gasteiger partial charge is 0.338 e. The minimum atomic E-state index is 0.235. The Balaban J connectivity index is 1.96. The average molecular weight is 220 g/mol. The summed E-state index contributed by atoms with van der Waals surface area (Å²) in [5.74, 6) is 1.10. The third-order valence-electron chi connectivity index (χ3n) is 3.91. The van der Waals surface area contributed by atoms with Crippen LogP contribution in [0.5, 0.6) is 0 Å². The molecule has 2 atom stereocenters. The third-order valence-corrected chi connectivity index (χ3v) is 3.91. The van der Waals surface area contributed by atoms with Crippen LogP contribution in [0.2, 0.25) is 0 Å². The smallest absolute Gasteiger partial charge is 0.226 e. The van der Waals surface area contributed by atoms with E-state index in [0.717, 1.165) is 19.3 Å². The Kier molecular flexibility index (Phi) is 3.48. The summed E-state index contributed by atoms with van der Waals surface area (Å²) >= 11 is 0. The van der Waals surface area contributed by atoms with Gasteiger partial charge in [-0.05, 0) is 31.6 Å². The Morgan fingerprint density at radius 1 is 1.38 bits per heavy atom. The lowest BCUT2D eigenvalue weighted by Gasteiger charge is -2.26. The monoisotopic (exact) mass is 220 g/mol. The fraction of sp³-hybridized carbons (Fsp3) is 0.846. The molecule has 0 aliphatic heterocycles. The molecule has 0 aromatic carbocycles. The number of hydrogen-bond donors (Lipinski definition) is 0. The minimum Gasteiger partial charge on any atom is -0.338 e. The van der Waals surface area contributed by atoms with Crippen molar-refractivity contribution in [2.75, 3.05) is 6.54 Å². The van der Waals surface area contributed by atoms with Crippen LogP contribution in [0.1, 0.15) is 45.4 Å². The molecular weight excluding hydrogens is 200 g/mol. The SMILES string of the molecule is CC1CCCC1C(=O)N(CCC#N)C1CC1. The van der Waals surface area contributed by atoms with Gasteiger partial charge < -0.3 is 4.90 Å². The molecule has 3 nitrogen and oxygen atoms in total. The van der Waals surface area contributed by atoms with Gasteiger partial charge in [0.05, 0.1) is 12.5 Å². The molecule has 2 fully saturated rings. The molecule has 1 amide bonds. The minimum absolute atomic E-state index is 0.235. The Labute approximate surface area is 97.4 Å². The van der Waals surface area contributed by atoms with Crippen molar-refractivity contribution in [3.8, 4) is 6.07 Å². The highest BCUT2D eigenvalue weighted by atomic mass is 16.2. The first-order valence-corrected chi connectivity index (χ1v) is 6.41. The van der Waals surface area contributed by atoms with Crippen LogP contribution < -0.4 is 0 Å². The first-order valence-electron chi connectivity index (χ1n) is 6.41. The quantitative estimate of drug-likeness (QED) is 0.729. The first-order chi connectivity index (χ1) is 7.74. The molecule has 0 bridgehead atoms. The summed E-state index contributed by atoms with van der Waals surface area (Å²) in [6.07, 6.45) is 6.18. The number of nitrogens with zero attached hydrogens (tertiary/aromatic N) is 2. The molecule has 0 heterocycles. The maximum absolute atomic E-state index is 12.4. The van der Waals surface area contributed by atoms with E-state index in [-0.39, 0.29) is 5.92 Å². The lowest BCUT2D eigenvalue weighted by molar-refractivity contribution is -0.137. The van der Waals surface area contributed by atoms with E-state index >= 15 is 0 Å². The van der Waals surface area contributed by atoms with Gasteiger partial charge in [-0.25, -0.2) is 0 Å². The van der Waals surface area contributed by atoms with E-state index in [4.69, 9.17) is 5.26 Å². The molecule has 0 radical (unpaired) electrons. The fourth-order valence-corrected chi connectivity index (χ4v) is 2.75. The van der Waals surface area contributed by atoms with Crippen molar-refractivity contribution in [3.63, 3.8) is 0 Å². The predicted octanol–water partition coefficient (Wildman–Crippen LogP) is 2.33. The number of rotatable bonds is 4. The highest BCUT2D eigenvalue weighted by Crippen LogP contribution is 2.36. The standard InChI is InChI=1S/C13H20N2O/c1-10-4-2-5-12(10)13(16)15(9-3-8-14)11-6-7-11/h10-12H,2-7,9H2,1H3. The summed E-state index contributed by atoms with van der Waals surface area (Å²) in [6, 6.07) is 2.60. The normalized spacial score (nSPS) is 28.8. The van der Waals surface area contributed by atoms with Crippen LogP contribution in [0, 0.1) is 23.2 Å². The molecule has 0 aromatic rings. The van der Waals surface area contributed by atoms with E-state index in [1.54, 1.807) is 0 Å². The van der Waals surface area contributed by atoms with Crippen molar-refractivity contribution < 1.29 is 4.79 Å². The van der Waals surface area contributed by atoms with Crippen LogP contribution in [0.3, 0.4) is 0 Å². The first kappa shape index (κ1) is 11.4. The van der Waals surface area contributed by atoms with Gasteiger partial charge in [0.1, 0.15) is 0 Å². The van der Waals surface area contributed by atoms with Crippen LogP contribution in [0.25, 0.3) is 0 Å². The molecule has 2 aliphatic rings. The lowest BCUT2D eigenvalue weighted by Crippen LogP contribution is -2.39.